The Morgan fingerprint density at radius 1 is 1.73 bits per heavy atom. The van der Waals surface area contributed by atoms with Crippen molar-refractivity contribution in [2.24, 2.45) is 7.05 Å². The average molecular weight is 231 g/mol. The molecule has 2 unspecified atom stereocenters. The molecule has 0 amide bonds. The first-order valence-corrected chi connectivity index (χ1v) is 5.81. The summed E-state index contributed by atoms with van der Waals surface area (Å²) in [5, 5.41) is 15.7. The summed E-state index contributed by atoms with van der Waals surface area (Å²) in [4.78, 5) is 10.4. The molecule has 15 heavy (non-hydrogen) atoms. The SMILES string of the molecule is CC(CC(=O)O)S(=O)Cc1cn(C)nn1. The summed E-state index contributed by atoms with van der Waals surface area (Å²) in [5.74, 6) is -0.683. The van der Waals surface area contributed by atoms with Crippen LogP contribution in [0.2, 0.25) is 0 Å². The highest BCUT2D eigenvalue weighted by molar-refractivity contribution is 7.84. The zero-order valence-electron chi connectivity index (χ0n) is 8.58. The number of nitrogens with zero attached hydrogens (tertiary/aromatic N) is 3. The first kappa shape index (κ1) is 11.8. The van der Waals surface area contributed by atoms with Crippen LogP contribution in [0.15, 0.2) is 6.20 Å². The molecular weight excluding hydrogens is 218 g/mol. The fraction of sp³-hybridized carbons (Fsp3) is 0.625. The number of rotatable bonds is 5. The molecule has 0 saturated heterocycles. The lowest BCUT2D eigenvalue weighted by atomic mass is 10.3. The van der Waals surface area contributed by atoms with Gasteiger partial charge >= 0.3 is 5.97 Å². The van der Waals surface area contributed by atoms with Crippen LogP contribution >= 0.6 is 0 Å². The quantitative estimate of drug-likeness (QED) is 0.766. The predicted molar refractivity (Wildman–Crippen MR) is 54.6 cm³/mol. The summed E-state index contributed by atoms with van der Waals surface area (Å²) in [6.07, 6.45) is 1.58. The Balaban J connectivity index is 2.52. The van der Waals surface area contributed by atoms with Crippen LogP contribution in [0, 0.1) is 0 Å². The van der Waals surface area contributed by atoms with Crippen LogP contribution in [-0.4, -0.2) is 35.5 Å². The molecule has 84 valence electrons. The van der Waals surface area contributed by atoms with Crippen molar-refractivity contribution < 1.29 is 14.1 Å². The van der Waals surface area contributed by atoms with Gasteiger partial charge in [-0.1, -0.05) is 12.1 Å². The monoisotopic (exact) mass is 231 g/mol. The Hall–Kier alpha value is -1.24. The maximum atomic E-state index is 11.6. The molecule has 0 aliphatic rings. The highest BCUT2D eigenvalue weighted by Gasteiger charge is 2.16. The van der Waals surface area contributed by atoms with Gasteiger partial charge < -0.3 is 5.11 Å². The Kier molecular flexibility index (Phi) is 3.96. The zero-order chi connectivity index (χ0) is 11.4. The molecule has 1 N–H and O–H groups in total. The standard InChI is InChI=1S/C8H13N3O3S/c1-6(3-8(12)13)15(14)5-7-4-11(2)10-9-7/h4,6H,3,5H2,1-2H3,(H,12,13). The molecule has 2 atom stereocenters. The second kappa shape index (κ2) is 5.01. The molecule has 1 heterocycles. The summed E-state index contributed by atoms with van der Waals surface area (Å²) < 4.78 is 13.2. The first-order valence-electron chi connectivity index (χ1n) is 4.43. The van der Waals surface area contributed by atoms with E-state index < -0.39 is 16.8 Å². The van der Waals surface area contributed by atoms with Gasteiger partial charge in [0.25, 0.3) is 0 Å². The maximum Gasteiger partial charge on any atom is 0.304 e. The molecule has 0 aliphatic carbocycles. The molecular formula is C8H13N3O3S. The largest absolute Gasteiger partial charge is 0.481 e. The first-order chi connectivity index (χ1) is 6.99. The number of aliphatic carboxylic acids is 1. The Morgan fingerprint density at radius 3 is 2.87 bits per heavy atom. The molecule has 0 radical (unpaired) electrons. The molecule has 0 fully saturated rings. The van der Waals surface area contributed by atoms with E-state index >= 15 is 0 Å². The van der Waals surface area contributed by atoms with E-state index in [2.05, 4.69) is 10.3 Å². The molecule has 0 aromatic carbocycles. The van der Waals surface area contributed by atoms with Gasteiger partial charge in [0.15, 0.2) is 0 Å². The van der Waals surface area contributed by atoms with Gasteiger partial charge in [-0.15, -0.1) is 5.10 Å². The van der Waals surface area contributed by atoms with Crippen LogP contribution in [0.4, 0.5) is 0 Å². The van der Waals surface area contributed by atoms with Gasteiger partial charge in [0.05, 0.1) is 17.9 Å². The van der Waals surface area contributed by atoms with E-state index in [1.54, 1.807) is 20.2 Å². The van der Waals surface area contributed by atoms with E-state index in [0.717, 1.165) is 0 Å². The minimum atomic E-state index is -1.22. The molecule has 0 aliphatic heterocycles. The molecule has 0 saturated carbocycles. The van der Waals surface area contributed by atoms with Crippen molar-refractivity contribution in [3.8, 4) is 0 Å². The lowest BCUT2D eigenvalue weighted by Crippen LogP contribution is -2.17. The van der Waals surface area contributed by atoms with E-state index in [1.165, 1.54) is 4.68 Å². The second-order valence-electron chi connectivity index (χ2n) is 3.32. The third-order valence-electron chi connectivity index (χ3n) is 1.85. The van der Waals surface area contributed by atoms with Crippen molar-refractivity contribution in [1.82, 2.24) is 15.0 Å². The minimum Gasteiger partial charge on any atom is -0.481 e. The number of aromatic nitrogens is 3. The maximum absolute atomic E-state index is 11.6. The van der Waals surface area contributed by atoms with Crippen molar-refractivity contribution in [2.45, 2.75) is 24.3 Å². The summed E-state index contributed by atoms with van der Waals surface area (Å²) in [6, 6.07) is 0. The number of carboxylic acid groups (broad SMARTS) is 1. The van der Waals surface area contributed by atoms with Gasteiger partial charge in [-0.05, 0) is 0 Å². The van der Waals surface area contributed by atoms with Gasteiger partial charge in [-0.2, -0.15) is 0 Å². The van der Waals surface area contributed by atoms with Crippen LogP contribution in [-0.2, 0) is 28.4 Å². The van der Waals surface area contributed by atoms with E-state index in [1.807, 2.05) is 0 Å². The fourth-order valence-corrected chi connectivity index (χ4v) is 2.13. The minimum absolute atomic E-state index is 0.0904. The van der Waals surface area contributed by atoms with Crippen molar-refractivity contribution in [3.05, 3.63) is 11.9 Å². The van der Waals surface area contributed by atoms with Crippen molar-refractivity contribution in [3.63, 3.8) is 0 Å². The van der Waals surface area contributed by atoms with Crippen LogP contribution < -0.4 is 0 Å². The Labute approximate surface area is 89.7 Å². The van der Waals surface area contributed by atoms with E-state index in [-0.39, 0.29) is 17.4 Å². The van der Waals surface area contributed by atoms with Crippen LogP contribution in [0.25, 0.3) is 0 Å². The molecule has 1 aromatic rings. The smallest absolute Gasteiger partial charge is 0.304 e. The van der Waals surface area contributed by atoms with E-state index in [9.17, 15) is 9.00 Å². The van der Waals surface area contributed by atoms with Gasteiger partial charge in [-0.25, -0.2) is 0 Å². The highest BCUT2D eigenvalue weighted by atomic mass is 32.2. The summed E-state index contributed by atoms with van der Waals surface area (Å²) in [6.45, 7) is 1.65. The van der Waals surface area contributed by atoms with Crippen molar-refractivity contribution >= 4 is 16.8 Å². The second-order valence-corrected chi connectivity index (χ2v) is 5.17. The lowest BCUT2D eigenvalue weighted by Gasteiger charge is -2.06. The van der Waals surface area contributed by atoms with Gasteiger partial charge in [0.1, 0.15) is 0 Å². The number of carbonyl (C=O) groups is 1. The fourth-order valence-electron chi connectivity index (χ4n) is 1.09. The van der Waals surface area contributed by atoms with E-state index in [0.29, 0.717) is 5.69 Å². The molecule has 0 bridgehead atoms. The third-order valence-corrected chi connectivity index (χ3v) is 3.50. The van der Waals surface area contributed by atoms with Crippen LogP contribution in [0.3, 0.4) is 0 Å². The number of hydrogen-bond acceptors (Lipinski definition) is 4. The summed E-state index contributed by atoms with van der Waals surface area (Å²) >= 11 is 0. The van der Waals surface area contributed by atoms with Crippen LogP contribution in [0.5, 0.6) is 0 Å². The Morgan fingerprint density at radius 2 is 2.40 bits per heavy atom. The highest BCUT2D eigenvalue weighted by Crippen LogP contribution is 2.07. The summed E-state index contributed by atoms with van der Waals surface area (Å²) in [7, 11) is 0.503. The van der Waals surface area contributed by atoms with Crippen molar-refractivity contribution in [1.29, 1.82) is 0 Å². The third kappa shape index (κ3) is 3.78. The predicted octanol–water partition coefficient (Wildman–Crippen LogP) is -0.0730. The van der Waals surface area contributed by atoms with Gasteiger partial charge in [0, 0.05) is 29.3 Å². The van der Waals surface area contributed by atoms with Crippen molar-refractivity contribution in [2.75, 3.05) is 0 Å². The molecule has 7 heteroatoms. The van der Waals surface area contributed by atoms with Gasteiger partial charge in [-0.3, -0.25) is 13.7 Å². The molecule has 1 aromatic heterocycles. The Bertz CT molecular complexity index is 377. The topological polar surface area (TPSA) is 85.1 Å². The molecule has 6 nitrogen and oxygen atoms in total. The number of hydrogen-bond donors (Lipinski definition) is 1. The van der Waals surface area contributed by atoms with Crippen LogP contribution in [0.1, 0.15) is 19.0 Å². The van der Waals surface area contributed by atoms with E-state index in [4.69, 9.17) is 5.11 Å². The lowest BCUT2D eigenvalue weighted by molar-refractivity contribution is -0.136. The molecule has 1 rings (SSSR count). The number of aryl methyl sites for hydroxylation is 1. The zero-order valence-corrected chi connectivity index (χ0v) is 9.40. The summed E-state index contributed by atoms with van der Waals surface area (Å²) in [5.41, 5.74) is 0.619. The number of carboxylic acids is 1. The normalized spacial score (nSPS) is 14.8. The molecule has 0 spiro atoms. The average Bonchev–Trinajstić information content (AvgIpc) is 2.50. The van der Waals surface area contributed by atoms with Gasteiger partial charge in [0.2, 0.25) is 0 Å².